The fourth-order valence-corrected chi connectivity index (χ4v) is 4.55. The molecular formula is C26H37N. The van der Waals surface area contributed by atoms with Crippen LogP contribution in [0.5, 0.6) is 0 Å². The smallest absolute Gasteiger partial charge is 0.0702 e. The Hall–Kier alpha value is -1.63. The molecule has 1 aromatic carbocycles. The van der Waals surface area contributed by atoms with Crippen LogP contribution >= 0.6 is 0 Å². The largest absolute Gasteiger partial charge is 0.256 e. The van der Waals surface area contributed by atoms with Crippen molar-refractivity contribution < 1.29 is 0 Å². The molecule has 0 atom stereocenters. The number of hydrogen-bond donors (Lipinski definition) is 0. The monoisotopic (exact) mass is 363 g/mol. The van der Waals surface area contributed by atoms with Crippen LogP contribution in [0, 0.1) is 11.8 Å². The molecule has 3 rings (SSSR count). The fraction of sp³-hybridized carbons (Fsp3) is 0.577. The Labute approximate surface area is 166 Å². The average Bonchev–Trinajstić information content (AvgIpc) is 2.73. The molecule has 0 bridgehead atoms. The SMILES string of the molecule is CCCCC1CCC(CCc2ccc(-c3ccc(CCC)cc3)nc2)CC1. The number of nitrogens with zero attached hydrogens (tertiary/aromatic N) is 1. The van der Waals surface area contributed by atoms with Gasteiger partial charge in [0.2, 0.25) is 0 Å². The van der Waals surface area contributed by atoms with Crippen LogP contribution < -0.4 is 0 Å². The molecule has 146 valence electrons. The third-order valence-electron chi connectivity index (χ3n) is 6.39. The summed E-state index contributed by atoms with van der Waals surface area (Å²) in [6.07, 6.45) is 17.1. The second kappa shape index (κ2) is 10.6. The van der Waals surface area contributed by atoms with E-state index in [1.165, 1.54) is 80.9 Å². The summed E-state index contributed by atoms with van der Waals surface area (Å²) in [5.41, 5.74) is 5.14. The van der Waals surface area contributed by atoms with Gasteiger partial charge in [-0.1, -0.05) is 95.5 Å². The molecule has 1 heteroatoms. The highest BCUT2D eigenvalue weighted by atomic mass is 14.7. The minimum atomic E-state index is 0.939. The van der Waals surface area contributed by atoms with E-state index in [1.807, 2.05) is 0 Å². The van der Waals surface area contributed by atoms with Crippen LogP contribution in [0.1, 0.15) is 82.8 Å². The molecule has 2 aromatic rings. The number of benzene rings is 1. The molecule has 0 amide bonds. The van der Waals surface area contributed by atoms with E-state index in [2.05, 4.69) is 56.4 Å². The Kier molecular flexibility index (Phi) is 7.93. The third-order valence-corrected chi connectivity index (χ3v) is 6.39. The van der Waals surface area contributed by atoms with E-state index in [9.17, 15) is 0 Å². The first-order chi connectivity index (χ1) is 13.3. The molecule has 0 unspecified atom stereocenters. The summed E-state index contributed by atoms with van der Waals surface area (Å²) in [5, 5.41) is 0. The number of unbranched alkanes of at least 4 members (excludes halogenated alkanes) is 1. The van der Waals surface area contributed by atoms with E-state index < -0.39 is 0 Å². The first kappa shape index (κ1) is 20.1. The molecule has 0 radical (unpaired) electrons. The van der Waals surface area contributed by atoms with Crippen molar-refractivity contribution in [3.8, 4) is 11.3 Å². The maximum atomic E-state index is 4.73. The molecule has 0 saturated heterocycles. The highest BCUT2D eigenvalue weighted by Gasteiger charge is 2.20. The van der Waals surface area contributed by atoms with Gasteiger partial charge in [-0.3, -0.25) is 4.98 Å². The normalized spacial score (nSPS) is 19.9. The predicted octanol–water partition coefficient (Wildman–Crippen LogP) is 7.63. The lowest BCUT2D eigenvalue weighted by molar-refractivity contribution is 0.250. The minimum Gasteiger partial charge on any atom is -0.256 e. The maximum Gasteiger partial charge on any atom is 0.0702 e. The lowest BCUT2D eigenvalue weighted by Gasteiger charge is -2.28. The summed E-state index contributed by atoms with van der Waals surface area (Å²) in [5.74, 6) is 1.96. The molecule has 1 fully saturated rings. The lowest BCUT2D eigenvalue weighted by atomic mass is 9.78. The van der Waals surface area contributed by atoms with Gasteiger partial charge in [-0.05, 0) is 48.3 Å². The Morgan fingerprint density at radius 3 is 2.00 bits per heavy atom. The molecule has 1 aromatic heterocycles. The zero-order valence-corrected chi connectivity index (χ0v) is 17.4. The maximum absolute atomic E-state index is 4.73. The van der Waals surface area contributed by atoms with Crippen LogP contribution in [0.2, 0.25) is 0 Å². The molecular weight excluding hydrogens is 326 g/mol. The van der Waals surface area contributed by atoms with E-state index in [1.54, 1.807) is 0 Å². The van der Waals surface area contributed by atoms with Gasteiger partial charge >= 0.3 is 0 Å². The van der Waals surface area contributed by atoms with Crippen molar-refractivity contribution in [2.45, 2.75) is 84.5 Å². The Bertz CT molecular complexity index is 648. The van der Waals surface area contributed by atoms with Gasteiger partial charge < -0.3 is 0 Å². The van der Waals surface area contributed by atoms with E-state index >= 15 is 0 Å². The summed E-state index contributed by atoms with van der Waals surface area (Å²) in [6.45, 7) is 4.54. The Morgan fingerprint density at radius 1 is 0.741 bits per heavy atom. The van der Waals surface area contributed by atoms with Gasteiger partial charge in [-0.2, -0.15) is 0 Å². The molecule has 0 N–H and O–H groups in total. The van der Waals surface area contributed by atoms with Gasteiger partial charge in [-0.15, -0.1) is 0 Å². The van der Waals surface area contributed by atoms with Crippen molar-refractivity contribution >= 4 is 0 Å². The van der Waals surface area contributed by atoms with Crippen LogP contribution in [0.15, 0.2) is 42.6 Å². The average molecular weight is 364 g/mol. The molecule has 1 saturated carbocycles. The first-order valence-electron chi connectivity index (χ1n) is 11.3. The Balaban J connectivity index is 1.45. The third kappa shape index (κ3) is 6.19. The second-order valence-electron chi connectivity index (χ2n) is 8.57. The van der Waals surface area contributed by atoms with Crippen LogP contribution in [0.3, 0.4) is 0 Å². The van der Waals surface area contributed by atoms with Gasteiger partial charge in [0, 0.05) is 11.8 Å². The quantitative estimate of drug-likeness (QED) is 0.446. The van der Waals surface area contributed by atoms with Crippen LogP contribution in [0.4, 0.5) is 0 Å². The molecule has 1 aliphatic carbocycles. The zero-order valence-electron chi connectivity index (χ0n) is 17.4. The summed E-state index contributed by atoms with van der Waals surface area (Å²) in [7, 11) is 0. The van der Waals surface area contributed by atoms with Gasteiger partial charge in [0.25, 0.3) is 0 Å². The van der Waals surface area contributed by atoms with Crippen molar-refractivity contribution in [2.24, 2.45) is 11.8 Å². The topological polar surface area (TPSA) is 12.9 Å². The van der Waals surface area contributed by atoms with Crippen LogP contribution in [-0.2, 0) is 12.8 Å². The Morgan fingerprint density at radius 2 is 1.41 bits per heavy atom. The predicted molar refractivity (Wildman–Crippen MR) is 117 cm³/mol. The number of rotatable bonds is 9. The number of aromatic nitrogens is 1. The van der Waals surface area contributed by atoms with Crippen LogP contribution in [0.25, 0.3) is 11.3 Å². The van der Waals surface area contributed by atoms with Crippen molar-refractivity contribution in [3.05, 3.63) is 53.7 Å². The van der Waals surface area contributed by atoms with Crippen molar-refractivity contribution in [2.75, 3.05) is 0 Å². The second-order valence-corrected chi connectivity index (χ2v) is 8.57. The molecule has 1 heterocycles. The summed E-state index contributed by atoms with van der Waals surface area (Å²) < 4.78 is 0. The molecule has 1 aliphatic rings. The zero-order chi connectivity index (χ0) is 18.9. The fourth-order valence-electron chi connectivity index (χ4n) is 4.55. The highest BCUT2D eigenvalue weighted by Crippen LogP contribution is 2.34. The number of pyridine rings is 1. The van der Waals surface area contributed by atoms with Crippen molar-refractivity contribution in [3.63, 3.8) is 0 Å². The number of hydrogen-bond acceptors (Lipinski definition) is 1. The molecule has 27 heavy (non-hydrogen) atoms. The first-order valence-corrected chi connectivity index (χ1v) is 11.3. The van der Waals surface area contributed by atoms with Gasteiger partial charge in [-0.25, -0.2) is 0 Å². The van der Waals surface area contributed by atoms with Gasteiger partial charge in [0.05, 0.1) is 5.69 Å². The van der Waals surface area contributed by atoms with Crippen molar-refractivity contribution in [1.29, 1.82) is 0 Å². The number of aryl methyl sites for hydroxylation is 2. The molecule has 0 aliphatic heterocycles. The standard InChI is InChI=1S/C26H37N/c1-3-5-7-22-8-10-23(11-9-22)12-13-24-16-19-26(27-20-24)25-17-14-21(6-4-2)15-18-25/h14-20,22-23H,3-13H2,1-2H3. The van der Waals surface area contributed by atoms with Crippen molar-refractivity contribution in [1.82, 2.24) is 4.98 Å². The molecule has 0 spiro atoms. The van der Waals surface area contributed by atoms with Gasteiger partial charge in [0.1, 0.15) is 0 Å². The van der Waals surface area contributed by atoms with E-state index in [0.29, 0.717) is 0 Å². The summed E-state index contributed by atoms with van der Waals surface area (Å²) >= 11 is 0. The lowest BCUT2D eigenvalue weighted by Crippen LogP contribution is -2.15. The van der Waals surface area contributed by atoms with E-state index in [-0.39, 0.29) is 0 Å². The minimum absolute atomic E-state index is 0.939. The van der Waals surface area contributed by atoms with E-state index in [0.717, 1.165) is 24.0 Å². The van der Waals surface area contributed by atoms with E-state index in [4.69, 9.17) is 4.98 Å². The summed E-state index contributed by atoms with van der Waals surface area (Å²) in [4.78, 5) is 4.73. The van der Waals surface area contributed by atoms with Gasteiger partial charge in [0.15, 0.2) is 0 Å². The summed E-state index contributed by atoms with van der Waals surface area (Å²) in [6, 6.07) is 13.4. The van der Waals surface area contributed by atoms with Crippen LogP contribution in [-0.4, -0.2) is 4.98 Å². The highest BCUT2D eigenvalue weighted by molar-refractivity contribution is 5.59. The molecule has 1 nitrogen and oxygen atoms in total.